The Kier molecular flexibility index (Phi) is 2.94. The molecule has 2 rings (SSSR count). The van der Waals surface area contributed by atoms with Gasteiger partial charge >= 0.3 is 0 Å². The molecule has 0 bridgehead atoms. The third-order valence-corrected chi connectivity index (χ3v) is 3.42. The van der Waals surface area contributed by atoms with Gasteiger partial charge in [0.2, 0.25) is 0 Å². The van der Waals surface area contributed by atoms with E-state index < -0.39 is 0 Å². The number of benzene rings is 1. The minimum Gasteiger partial charge on any atom is -0.389 e. The molecule has 2 heteroatoms. The minimum atomic E-state index is -0.379. The smallest absolute Gasteiger partial charge is 0.0762 e. The highest BCUT2D eigenvalue weighted by Crippen LogP contribution is 2.35. The number of nitrogens with zero attached hydrogens (tertiary/aromatic N) is 1. The van der Waals surface area contributed by atoms with Crippen molar-refractivity contribution >= 4 is 5.69 Å². The van der Waals surface area contributed by atoms with Gasteiger partial charge in [-0.3, -0.25) is 0 Å². The fraction of sp³-hybridized carbons (Fsp3) is 0.571. The Balaban J connectivity index is 2.42. The first-order valence-electron chi connectivity index (χ1n) is 6.10. The summed E-state index contributed by atoms with van der Waals surface area (Å²) in [5.41, 5.74) is 3.73. The van der Waals surface area contributed by atoms with E-state index in [-0.39, 0.29) is 6.10 Å². The first-order valence-corrected chi connectivity index (χ1v) is 6.10. The summed E-state index contributed by atoms with van der Waals surface area (Å²) < 4.78 is 0. The van der Waals surface area contributed by atoms with E-state index in [1.807, 2.05) is 13.0 Å². The van der Waals surface area contributed by atoms with Crippen LogP contribution in [0.2, 0.25) is 0 Å². The summed E-state index contributed by atoms with van der Waals surface area (Å²) >= 11 is 0. The summed E-state index contributed by atoms with van der Waals surface area (Å²) in [5.74, 6) is 0. The Morgan fingerprint density at radius 3 is 2.56 bits per heavy atom. The van der Waals surface area contributed by atoms with Gasteiger partial charge in [0.1, 0.15) is 0 Å². The topological polar surface area (TPSA) is 23.5 Å². The van der Waals surface area contributed by atoms with Gasteiger partial charge in [-0.2, -0.15) is 0 Å². The quantitative estimate of drug-likeness (QED) is 0.826. The molecule has 16 heavy (non-hydrogen) atoms. The average Bonchev–Trinajstić information content (AvgIpc) is 2.51. The van der Waals surface area contributed by atoms with Crippen LogP contribution in [0.4, 0.5) is 5.69 Å². The van der Waals surface area contributed by atoms with Gasteiger partial charge in [0.15, 0.2) is 0 Å². The maximum atomic E-state index is 9.63. The Bertz CT molecular complexity index is 384. The highest BCUT2D eigenvalue weighted by Gasteiger charge is 2.28. The van der Waals surface area contributed by atoms with Crippen molar-refractivity contribution in [1.29, 1.82) is 0 Å². The fourth-order valence-corrected chi connectivity index (χ4v) is 2.69. The molecule has 1 aromatic carbocycles. The van der Waals surface area contributed by atoms with Gasteiger partial charge in [0, 0.05) is 17.8 Å². The summed E-state index contributed by atoms with van der Waals surface area (Å²) in [6, 6.07) is 7.43. The molecule has 0 fully saturated rings. The lowest BCUT2D eigenvalue weighted by molar-refractivity contribution is 0.199. The van der Waals surface area contributed by atoms with Crippen LogP contribution in [0.25, 0.3) is 0 Å². The Hall–Kier alpha value is -1.02. The Morgan fingerprint density at radius 1 is 1.31 bits per heavy atom. The van der Waals surface area contributed by atoms with Crippen LogP contribution in [0.15, 0.2) is 18.2 Å². The lowest BCUT2D eigenvalue weighted by Gasteiger charge is -2.29. The molecule has 0 aliphatic carbocycles. The van der Waals surface area contributed by atoms with Gasteiger partial charge in [-0.25, -0.2) is 0 Å². The number of aliphatic hydroxyl groups is 1. The second-order valence-electron chi connectivity index (χ2n) is 5.12. The van der Waals surface area contributed by atoms with E-state index >= 15 is 0 Å². The monoisotopic (exact) mass is 219 g/mol. The fourth-order valence-electron chi connectivity index (χ4n) is 2.69. The third-order valence-electron chi connectivity index (χ3n) is 3.42. The SMILES string of the molecule is CC(O)c1ccc2c(c1)N(C(C)C)C(C)C2. The molecule has 88 valence electrons. The molecule has 2 unspecified atom stereocenters. The van der Waals surface area contributed by atoms with E-state index in [0.29, 0.717) is 12.1 Å². The second-order valence-corrected chi connectivity index (χ2v) is 5.12. The van der Waals surface area contributed by atoms with Crippen LogP contribution in [-0.2, 0) is 6.42 Å². The number of rotatable bonds is 2. The van der Waals surface area contributed by atoms with Gasteiger partial charge in [-0.1, -0.05) is 12.1 Å². The van der Waals surface area contributed by atoms with Crippen molar-refractivity contribution in [2.45, 2.75) is 52.3 Å². The van der Waals surface area contributed by atoms with E-state index in [0.717, 1.165) is 12.0 Å². The molecule has 0 radical (unpaired) electrons. The zero-order chi connectivity index (χ0) is 11.9. The number of fused-ring (bicyclic) bond motifs is 1. The number of aliphatic hydroxyl groups excluding tert-OH is 1. The molecular weight excluding hydrogens is 198 g/mol. The van der Waals surface area contributed by atoms with Crippen molar-refractivity contribution in [3.63, 3.8) is 0 Å². The molecule has 0 saturated carbocycles. The summed E-state index contributed by atoms with van der Waals surface area (Å²) in [6.07, 6.45) is 0.739. The van der Waals surface area contributed by atoms with E-state index in [1.54, 1.807) is 0 Å². The van der Waals surface area contributed by atoms with Crippen molar-refractivity contribution in [2.24, 2.45) is 0 Å². The molecule has 0 aromatic heterocycles. The van der Waals surface area contributed by atoms with Crippen molar-refractivity contribution in [1.82, 2.24) is 0 Å². The van der Waals surface area contributed by atoms with Crippen molar-refractivity contribution < 1.29 is 5.11 Å². The molecule has 2 nitrogen and oxygen atoms in total. The van der Waals surface area contributed by atoms with Gasteiger partial charge in [-0.15, -0.1) is 0 Å². The molecule has 1 N–H and O–H groups in total. The predicted octanol–water partition coefficient (Wildman–Crippen LogP) is 2.90. The second kappa shape index (κ2) is 4.10. The van der Waals surface area contributed by atoms with Crippen LogP contribution in [0.3, 0.4) is 0 Å². The molecule has 1 heterocycles. The van der Waals surface area contributed by atoms with Crippen molar-refractivity contribution in [3.8, 4) is 0 Å². The highest BCUT2D eigenvalue weighted by molar-refractivity contribution is 5.61. The minimum absolute atomic E-state index is 0.379. The van der Waals surface area contributed by atoms with Crippen LogP contribution in [0.1, 0.15) is 44.9 Å². The van der Waals surface area contributed by atoms with Crippen molar-refractivity contribution in [2.75, 3.05) is 4.90 Å². The van der Waals surface area contributed by atoms with E-state index in [9.17, 15) is 5.11 Å². The largest absolute Gasteiger partial charge is 0.389 e. The molecule has 0 spiro atoms. The first kappa shape index (κ1) is 11.5. The Labute approximate surface area is 97.9 Å². The van der Waals surface area contributed by atoms with E-state index in [4.69, 9.17) is 0 Å². The van der Waals surface area contributed by atoms with E-state index in [1.165, 1.54) is 11.3 Å². The van der Waals surface area contributed by atoms with Gasteiger partial charge in [0.25, 0.3) is 0 Å². The van der Waals surface area contributed by atoms with Crippen LogP contribution < -0.4 is 4.90 Å². The van der Waals surface area contributed by atoms with Crippen LogP contribution in [0, 0.1) is 0 Å². The summed E-state index contributed by atoms with van der Waals surface area (Å²) in [5, 5.41) is 9.63. The number of hydrogen-bond donors (Lipinski definition) is 1. The maximum Gasteiger partial charge on any atom is 0.0762 e. The molecule has 1 aliphatic heterocycles. The van der Waals surface area contributed by atoms with Gasteiger partial charge in [0.05, 0.1) is 6.10 Å². The molecule has 0 amide bonds. The third kappa shape index (κ3) is 1.82. The van der Waals surface area contributed by atoms with E-state index in [2.05, 4.69) is 37.8 Å². The lowest BCUT2D eigenvalue weighted by atomic mass is 10.1. The Morgan fingerprint density at radius 2 is 2.00 bits per heavy atom. The molecular formula is C14H21NO. The van der Waals surface area contributed by atoms with Gasteiger partial charge < -0.3 is 10.0 Å². The normalized spacial score (nSPS) is 21.4. The lowest BCUT2D eigenvalue weighted by Crippen LogP contribution is -2.35. The van der Waals surface area contributed by atoms with Crippen LogP contribution in [-0.4, -0.2) is 17.2 Å². The first-order chi connectivity index (χ1) is 7.50. The summed E-state index contributed by atoms with van der Waals surface area (Å²) in [4.78, 5) is 2.45. The summed E-state index contributed by atoms with van der Waals surface area (Å²) in [6.45, 7) is 8.53. The maximum absolute atomic E-state index is 9.63. The van der Waals surface area contributed by atoms with Crippen LogP contribution >= 0.6 is 0 Å². The van der Waals surface area contributed by atoms with Gasteiger partial charge in [-0.05, 0) is 51.3 Å². The van der Waals surface area contributed by atoms with Crippen molar-refractivity contribution in [3.05, 3.63) is 29.3 Å². The average molecular weight is 219 g/mol. The van der Waals surface area contributed by atoms with Crippen LogP contribution in [0.5, 0.6) is 0 Å². The highest BCUT2D eigenvalue weighted by atomic mass is 16.3. The standard InChI is InChI=1S/C14H21NO/c1-9(2)15-10(3)7-13-6-5-12(11(4)16)8-14(13)15/h5-6,8-11,16H,7H2,1-4H3. The number of anilines is 1. The predicted molar refractivity (Wildman–Crippen MR) is 67.9 cm³/mol. The molecule has 0 saturated heterocycles. The number of hydrogen-bond acceptors (Lipinski definition) is 2. The zero-order valence-electron chi connectivity index (χ0n) is 10.6. The zero-order valence-corrected chi connectivity index (χ0v) is 10.6. The molecule has 1 aromatic rings. The molecule has 2 atom stereocenters. The molecule has 1 aliphatic rings. The summed E-state index contributed by atoms with van der Waals surface area (Å²) in [7, 11) is 0.